The first-order valence-electron chi connectivity index (χ1n) is 6.89. The van der Waals surface area contributed by atoms with Crippen molar-refractivity contribution in [2.75, 3.05) is 0 Å². The minimum atomic E-state index is 0.00533. The zero-order valence-electron chi connectivity index (χ0n) is 10.9. The van der Waals surface area contributed by atoms with Gasteiger partial charge in [-0.15, -0.1) is 0 Å². The van der Waals surface area contributed by atoms with Crippen molar-refractivity contribution in [2.45, 2.75) is 25.7 Å². The van der Waals surface area contributed by atoms with Gasteiger partial charge in [0, 0.05) is 18.1 Å². The van der Waals surface area contributed by atoms with Crippen LogP contribution in [0.4, 0.5) is 0 Å². The van der Waals surface area contributed by atoms with Gasteiger partial charge in [-0.25, -0.2) is 5.43 Å². The molecule has 0 spiro atoms. The minimum absolute atomic E-state index is 0.00533. The highest BCUT2D eigenvalue weighted by Crippen LogP contribution is 2.39. The highest BCUT2D eigenvalue weighted by atomic mass is 16.2. The van der Waals surface area contributed by atoms with Crippen molar-refractivity contribution < 1.29 is 4.79 Å². The summed E-state index contributed by atoms with van der Waals surface area (Å²) >= 11 is 0. The summed E-state index contributed by atoms with van der Waals surface area (Å²) in [4.78, 5) is 11.7. The third-order valence-electron chi connectivity index (χ3n) is 3.97. The molecule has 2 aliphatic carbocycles. The molecule has 0 aliphatic heterocycles. The Bertz CT molecular complexity index is 519. The summed E-state index contributed by atoms with van der Waals surface area (Å²) in [6, 6.07) is 10.1. The Morgan fingerprint density at radius 2 is 2.16 bits per heavy atom. The fraction of sp³-hybridized carbons (Fsp3) is 0.375. The van der Waals surface area contributed by atoms with Crippen LogP contribution in [0.25, 0.3) is 0 Å². The average Bonchev–Trinajstić information content (AvgIpc) is 2.79. The molecule has 3 nitrogen and oxygen atoms in total. The number of carbonyl (C=O) groups excluding carboxylic acids is 1. The van der Waals surface area contributed by atoms with Gasteiger partial charge < -0.3 is 0 Å². The largest absolute Gasteiger partial charge is 0.273 e. The van der Waals surface area contributed by atoms with Gasteiger partial charge in [-0.05, 0) is 30.7 Å². The fourth-order valence-corrected chi connectivity index (χ4v) is 2.76. The molecule has 2 unspecified atom stereocenters. The highest BCUT2D eigenvalue weighted by molar-refractivity contribution is 5.94. The van der Waals surface area contributed by atoms with Crippen LogP contribution in [-0.2, 0) is 11.2 Å². The van der Waals surface area contributed by atoms with Crippen molar-refractivity contribution in [3.8, 4) is 0 Å². The molecule has 1 saturated carbocycles. The van der Waals surface area contributed by atoms with Crippen LogP contribution >= 0.6 is 0 Å². The molecule has 0 bridgehead atoms. The maximum Gasteiger partial charge on any atom is 0.240 e. The van der Waals surface area contributed by atoms with Crippen molar-refractivity contribution in [1.82, 2.24) is 5.43 Å². The van der Waals surface area contributed by atoms with Crippen LogP contribution in [0, 0.1) is 11.8 Å². The summed E-state index contributed by atoms with van der Waals surface area (Å²) < 4.78 is 0. The summed E-state index contributed by atoms with van der Waals surface area (Å²) in [5, 5.41) is 4.26. The van der Waals surface area contributed by atoms with E-state index in [1.807, 2.05) is 30.3 Å². The third kappa shape index (κ3) is 2.75. The molecule has 0 heterocycles. The lowest BCUT2D eigenvalue weighted by Crippen LogP contribution is -2.35. The minimum Gasteiger partial charge on any atom is -0.273 e. The van der Waals surface area contributed by atoms with Gasteiger partial charge in [-0.3, -0.25) is 4.79 Å². The number of nitrogens with zero attached hydrogens (tertiary/aromatic N) is 1. The van der Waals surface area contributed by atoms with Crippen molar-refractivity contribution in [3.63, 3.8) is 0 Å². The standard InChI is InChI=1S/C16H18N2O/c19-16(10-9-12-5-2-1-3-6-12)18-17-15-11-13-7-4-8-14(13)15/h1-7,13-14H,8-11H2,(H,18,19). The van der Waals surface area contributed by atoms with Crippen molar-refractivity contribution in [3.05, 3.63) is 48.0 Å². The monoisotopic (exact) mass is 254 g/mol. The van der Waals surface area contributed by atoms with Crippen LogP contribution < -0.4 is 5.43 Å². The number of allylic oxidation sites excluding steroid dienone is 2. The van der Waals surface area contributed by atoms with Crippen LogP contribution in [0.2, 0.25) is 0 Å². The molecule has 0 aromatic heterocycles. The smallest absolute Gasteiger partial charge is 0.240 e. The van der Waals surface area contributed by atoms with Gasteiger partial charge >= 0.3 is 0 Å². The number of hydrogen-bond donors (Lipinski definition) is 1. The first kappa shape index (κ1) is 12.2. The molecular weight excluding hydrogens is 236 g/mol. The third-order valence-corrected chi connectivity index (χ3v) is 3.97. The van der Waals surface area contributed by atoms with Gasteiger partial charge in [-0.1, -0.05) is 42.5 Å². The van der Waals surface area contributed by atoms with E-state index in [1.165, 1.54) is 5.56 Å². The van der Waals surface area contributed by atoms with Crippen LogP contribution in [0.3, 0.4) is 0 Å². The van der Waals surface area contributed by atoms with Crippen LogP contribution in [0.5, 0.6) is 0 Å². The lowest BCUT2D eigenvalue weighted by atomic mass is 9.74. The number of carbonyl (C=O) groups is 1. The molecule has 0 radical (unpaired) electrons. The van der Waals surface area contributed by atoms with E-state index in [1.54, 1.807) is 0 Å². The summed E-state index contributed by atoms with van der Waals surface area (Å²) in [6.45, 7) is 0. The van der Waals surface area contributed by atoms with Crippen molar-refractivity contribution in [1.29, 1.82) is 0 Å². The molecule has 98 valence electrons. The van der Waals surface area contributed by atoms with E-state index in [-0.39, 0.29) is 5.91 Å². The van der Waals surface area contributed by atoms with E-state index in [0.29, 0.717) is 18.3 Å². The SMILES string of the molecule is O=C(CCc1ccccc1)NN=C1CC2C=CCC12. The second-order valence-corrected chi connectivity index (χ2v) is 5.26. The van der Waals surface area contributed by atoms with Gasteiger partial charge in [0.2, 0.25) is 5.91 Å². The maximum absolute atomic E-state index is 11.7. The first-order valence-corrected chi connectivity index (χ1v) is 6.89. The second kappa shape index (κ2) is 5.39. The average molecular weight is 254 g/mol. The molecule has 3 heteroatoms. The van der Waals surface area contributed by atoms with Gasteiger partial charge in [0.1, 0.15) is 0 Å². The quantitative estimate of drug-likeness (QED) is 0.651. The topological polar surface area (TPSA) is 41.5 Å². The Morgan fingerprint density at radius 1 is 1.32 bits per heavy atom. The van der Waals surface area contributed by atoms with Crippen LogP contribution in [-0.4, -0.2) is 11.6 Å². The van der Waals surface area contributed by atoms with Crippen molar-refractivity contribution >= 4 is 11.6 Å². The number of aryl methyl sites for hydroxylation is 1. The lowest BCUT2D eigenvalue weighted by Gasteiger charge is -2.31. The number of rotatable bonds is 4. The fourth-order valence-electron chi connectivity index (χ4n) is 2.76. The molecule has 0 saturated heterocycles. The number of nitrogens with one attached hydrogen (secondary N) is 1. The summed E-state index contributed by atoms with van der Waals surface area (Å²) in [7, 11) is 0. The van der Waals surface area contributed by atoms with Gasteiger partial charge in [0.05, 0.1) is 0 Å². The number of hydrogen-bond acceptors (Lipinski definition) is 2. The maximum atomic E-state index is 11.7. The van der Waals surface area contributed by atoms with E-state index >= 15 is 0 Å². The Kier molecular flexibility index (Phi) is 3.45. The molecule has 3 rings (SSSR count). The molecule has 2 atom stereocenters. The Labute approximate surface area is 113 Å². The molecule has 19 heavy (non-hydrogen) atoms. The number of fused-ring (bicyclic) bond motifs is 1. The van der Waals surface area contributed by atoms with E-state index in [9.17, 15) is 4.79 Å². The predicted octanol–water partition coefficient (Wildman–Crippen LogP) is 2.69. The van der Waals surface area contributed by atoms with E-state index < -0.39 is 0 Å². The van der Waals surface area contributed by atoms with Crippen LogP contribution in [0.1, 0.15) is 24.8 Å². The molecule has 2 aliphatic rings. The van der Waals surface area contributed by atoms with Gasteiger partial charge in [0.15, 0.2) is 0 Å². The Morgan fingerprint density at radius 3 is 2.95 bits per heavy atom. The van der Waals surface area contributed by atoms with Crippen molar-refractivity contribution in [2.24, 2.45) is 16.9 Å². The number of amides is 1. The van der Waals surface area contributed by atoms with E-state index in [0.717, 1.165) is 25.0 Å². The van der Waals surface area contributed by atoms with Gasteiger partial charge in [-0.2, -0.15) is 5.10 Å². The highest BCUT2D eigenvalue weighted by Gasteiger charge is 2.37. The first-order chi connectivity index (χ1) is 9.33. The molecular formula is C16H18N2O. The Balaban J connectivity index is 1.44. The summed E-state index contributed by atoms with van der Waals surface area (Å²) in [5.41, 5.74) is 5.03. The second-order valence-electron chi connectivity index (χ2n) is 5.26. The van der Waals surface area contributed by atoms with Gasteiger partial charge in [0.25, 0.3) is 0 Å². The lowest BCUT2D eigenvalue weighted by molar-refractivity contribution is -0.121. The van der Waals surface area contributed by atoms with E-state index in [2.05, 4.69) is 22.7 Å². The zero-order valence-corrected chi connectivity index (χ0v) is 10.9. The summed E-state index contributed by atoms with van der Waals surface area (Å²) in [6.07, 6.45) is 7.85. The number of hydrazone groups is 1. The molecule has 1 fully saturated rings. The molecule has 1 N–H and O–H groups in total. The van der Waals surface area contributed by atoms with Crippen LogP contribution in [0.15, 0.2) is 47.6 Å². The number of benzene rings is 1. The summed E-state index contributed by atoms with van der Waals surface area (Å²) in [5.74, 6) is 1.25. The molecule has 1 aromatic carbocycles. The molecule has 1 amide bonds. The predicted molar refractivity (Wildman–Crippen MR) is 75.7 cm³/mol. The zero-order chi connectivity index (χ0) is 13.1. The Hall–Kier alpha value is -1.90. The molecule has 1 aromatic rings. The normalized spacial score (nSPS) is 26.0. The van der Waals surface area contributed by atoms with E-state index in [4.69, 9.17) is 0 Å².